The molecule has 110 valence electrons. The van der Waals surface area contributed by atoms with Gasteiger partial charge >= 0.3 is 0 Å². The van der Waals surface area contributed by atoms with E-state index in [4.69, 9.17) is 11.0 Å². The number of H-pyrrole nitrogens is 1. The van der Waals surface area contributed by atoms with Gasteiger partial charge in [0.2, 0.25) is 0 Å². The van der Waals surface area contributed by atoms with E-state index in [-0.39, 0.29) is 0 Å². The van der Waals surface area contributed by atoms with E-state index in [0.29, 0.717) is 11.3 Å². The van der Waals surface area contributed by atoms with Crippen LogP contribution in [0.5, 0.6) is 0 Å². The molecule has 0 aliphatic heterocycles. The maximum absolute atomic E-state index is 9.15. The molecule has 4 N–H and O–H groups in total. The topological polar surface area (TPSA) is 77.6 Å². The van der Waals surface area contributed by atoms with Crippen LogP contribution in [-0.2, 0) is 6.42 Å². The Hall–Kier alpha value is -2.93. The van der Waals surface area contributed by atoms with Gasteiger partial charge in [-0.2, -0.15) is 5.26 Å². The van der Waals surface area contributed by atoms with E-state index in [1.54, 1.807) is 12.1 Å². The molecule has 4 nitrogen and oxygen atoms in total. The molecule has 0 saturated carbocycles. The lowest BCUT2D eigenvalue weighted by atomic mass is 10.1. The van der Waals surface area contributed by atoms with Crippen molar-refractivity contribution in [3.05, 3.63) is 59.3 Å². The Labute approximate surface area is 129 Å². The normalized spacial score (nSPS) is 10.5. The minimum absolute atomic E-state index is 0.578. The van der Waals surface area contributed by atoms with Crippen LogP contribution in [0.25, 0.3) is 10.9 Å². The van der Waals surface area contributed by atoms with Crippen LogP contribution in [0.1, 0.15) is 16.7 Å². The fourth-order valence-electron chi connectivity index (χ4n) is 2.64. The summed E-state index contributed by atoms with van der Waals surface area (Å²) in [6.07, 6.45) is 2.94. The molecule has 1 heterocycles. The number of hydrogen-bond acceptors (Lipinski definition) is 3. The number of nitrogens with one attached hydrogen (secondary N) is 2. The van der Waals surface area contributed by atoms with Crippen LogP contribution in [0, 0.1) is 18.3 Å². The second-order valence-electron chi connectivity index (χ2n) is 5.46. The van der Waals surface area contributed by atoms with Crippen LogP contribution < -0.4 is 11.1 Å². The largest absolute Gasteiger partial charge is 0.399 e. The summed E-state index contributed by atoms with van der Waals surface area (Å²) < 4.78 is 0. The van der Waals surface area contributed by atoms with Crippen molar-refractivity contribution >= 4 is 22.3 Å². The Bertz CT molecular complexity index is 855. The number of hydrogen-bond donors (Lipinski definition) is 3. The number of nitriles is 1. The predicted molar refractivity (Wildman–Crippen MR) is 90.8 cm³/mol. The van der Waals surface area contributed by atoms with Crippen molar-refractivity contribution < 1.29 is 0 Å². The van der Waals surface area contributed by atoms with Gasteiger partial charge in [-0.1, -0.05) is 11.6 Å². The first-order chi connectivity index (χ1) is 10.7. The van der Waals surface area contributed by atoms with E-state index in [2.05, 4.69) is 47.7 Å². The Morgan fingerprint density at radius 3 is 2.91 bits per heavy atom. The minimum atomic E-state index is 0.578. The molecule has 0 atom stereocenters. The summed E-state index contributed by atoms with van der Waals surface area (Å²) >= 11 is 0. The molecule has 0 fully saturated rings. The number of aryl methyl sites for hydroxylation is 1. The van der Waals surface area contributed by atoms with Gasteiger partial charge in [0, 0.05) is 29.3 Å². The molecule has 0 amide bonds. The number of rotatable bonds is 4. The highest BCUT2D eigenvalue weighted by molar-refractivity contribution is 5.83. The van der Waals surface area contributed by atoms with Crippen molar-refractivity contribution in [3.8, 4) is 6.07 Å². The quantitative estimate of drug-likeness (QED) is 0.643. The number of nitrogens with two attached hydrogens (primary N) is 1. The van der Waals surface area contributed by atoms with Crippen molar-refractivity contribution in [2.24, 2.45) is 0 Å². The monoisotopic (exact) mass is 290 g/mol. The third-order valence-electron chi connectivity index (χ3n) is 3.80. The van der Waals surface area contributed by atoms with Crippen LogP contribution in [0.2, 0.25) is 0 Å². The summed E-state index contributed by atoms with van der Waals surface area (Å²) in [5.41, 5.74) is 11.4. The Morgan fingerprint density at radius 1 is 1.23 bits per heavy atom. The zero-order chi connectivity index (χ0) is 15.5. The van der Waals surface area contributed by atoms with Crippen LogP contribution >= 0.6 is 0 Å². The molecule has 4 heteroatoms. The van der Waals surface area contributed by atoms with Crippen LogP contribution in [0.4, 0.5) is 11.4 Å². The second kappa shape index (κ2) is 5.82. The first-order valence-corrected chi connectivity index (χ1v) is 7.27. The molecular formula is C18H18N4. The highest BCUT2D eigenvalue weighted by Crippen LogP contribution is 2.21. The van der Waals surface area contributed by atoms with Gasteiger partial charge in [-0.15, -0.1) is 0 Å². The number of nitrogens with zero attached hydrogens (tertiary/aromatic N) is 1. The minimum Gasteiger partial charge on any atom is -0.399 e. The lowest BCUT2D eigenvalue weighted by molar-refractivity contribution is 1.03. The number of aromatic amines is 1. The Morgan fingerprint density at radius 2 is 2.09 bits per heavy atom. The standard InChI is InChI=1S/C18H18N4/c1-12-2-4-18-16(8-12)13(11-22-18)6-7-21-17-5-3-15(20)9-14(17)10-19/h2-5,8-9,11,21-22H,6-7,20H2,1H3. The summed E-state index contributed by atoms with van der Waals surface area (Å²) in [4.78, 5) is 3.30. The van der Waals surface area contributed by atoms with Gasteiger partial charge in [-0.05, 0) is 49.2 Å². The molecule has 0 aliphatic carbocycles. The third-order valence-corrected chi connectivity index (χ3v) is 3.80. The zero-order valence-corrected chi connectivity index (χ0v) is 12.5. The third kappa shape index (κ3) is 2.75. The fraction of sp³-hybridized carbons (Fsp3) is 0.167. The molecule has 0 bridgehead atoms. The summed E-state index contributed by atoms with van der Waals surface area (Å²) in [7, 11) is 0. The number of anilines is 2. The average molecular weight is 290 g/mol. The van der Waals surface area contributed by atoms with E-state index in [1.165, 1.54) is 16.5 Å². The number of fused-ring (bicyclic) bond motifs is 1. The van der Waals surface area contributed by atoms with Gasteiger partial charge in [0.15, 0.2) is 0 Å². The van der Waals surface area contributed by atoms with Crippen LogP contribution in [0.3, 0.4) is 0 Å². The molecule has 1 aromatic heterocycles. The average Bonchev–Trinajstić information content (AvgIpc) is 2.91. The first kappa shape index (κ1) is 14.0. The molecule has 0 radical (unpaired) electrons. The molecule has 0 aliphatic rings. The zero-order valence-electron chi connectivity index (χ0n) is 12.5. The summed E-state index contributed by atoms with van der Waals surface area (Å²) in [6, 6.07) is 13.9. The smallest absolute Gasteiger partial charge is 0.101 e. The maximum atomic E-state index is 9.15. The van der Waals surface area contributed by atoms with E-state index in [0.717, 1.165) is 24.2 Å². The van der Waals surface area contributed by atoms with E-state index < -0.39 is 0 Å². The van der Waals surface area contributed by atoms with Gasteiger partial charge in [-0.25, -0.2) is 0 Å². The predicted octanol–water partition coefficient (Wildman–Crippen LogP) is 3.58. The lowest BCUT2D eigenvalue weighted by Crippen LogP contribution is -2.06. The molecule has 3 aromatic rings. The first-order valence-electron chi connectivity index (χ1n) is 7.27. The molecule has 2 aromatic carbocycles. The van der Waals surface area contributed by atoms with Crippen LogP contribution in [-0.4, -0.2) is 11.5 Å². The molecule has 0 saturated heterocycles. The molecular weight excluding hydrogens is 272 g/mol. The van der Waals surface area contributed by atoms with Gasteiger partial charge < -0.3 is 16.0 Å². The van der Waals surface area contributed by atoms with E-state index >= 15 is 0 Å². The maximum Gasteiger partial charge on any atom is 0.101 e. The van der Waals surface area contributed by atoms with Crippen molar-refractivity contribution in [1.29, 1.82) is 5.26 Å². The van der Waals surface area contributed by atoms with Gasteiger partial charge in [0.25, 0.3) is 0 Å². The number of benzene rings is 2. The van der Waals surface area contributed by atoms with Gasteiger partial charge in [0.05, 0.1) is 11.3 Å². The Kier molecular flexibility index (Phi) is 3.71. The highest BCUT2D eigenvalue weighted by atomic mass is 14.9. The Balaban J connectivity index is 1.73. The number of aromatic nitrogens is 1. The molecule has 0 unspecified atom stereocenters. The second-order valence-corrected chi connectivity index (χ2v) is 5.46. The van der Waals surface area contributed by atoms with Gasteiger partial charge in [0.1, 0.15) is 6.07 Å². The highest BCUT2D eigenvalue weighted by Gasteiger charge is 2.05. The fourth-order valence-corrected chi connectivity index (χ4v) is 2.64. The van der Waals surface area contributed by atoms with Crippen molar-refractivity contribution in [2.45, 2.75) is 13.3 Å². The lowest BCUT2D eigenvalue weighted by Gasteiger charge is -2.08. The molecule has 3 rings (SSSR count). The molecule has 0 spiro atoms. The van der Waals surface area contributed by atoms with Crippen LogP contribution in [0.15, 0.2) is 42.6 Å². The summed E-state index contributed by atoms with van der Waals surface area (Å²) in [6.45, 7) is 2.86. The number of nitrogen functional groups attached to an aromatic ring is 1. The van der Waals surface area contributed by atoms with Crippen molar-refractivity contribution in [1.82, 2.24) is 4.98 Å². The summed E-state index contributed by atoms with van der Waals surface area (Å²) in [5, 5.41) is 13.7. The van der Waals surface area contributed by atoms with E-state index in [9.17, 15) is 0 Å². The van der Waals surface area contributed by atoms with Crippen molar-refractivity contribution in [3.63, 3.8) is 0 Å². The SMILES string of the molecule is Cc1ccc2[nH]cc(CCNc3ccc(N)cc3C#N)c2c1. The summed E-state index contributed by atoms with van der Waals surface area (Å²) in [5.74, 6) is 0. The van der Waals surface area contributed by atoms with Crippen molar-refractivity contribution in [2.75, 3.05) is 17.6 Å². The van der Waals surface area contributed by atoms with Gasteiger partial charge in [-0.3, -0.25) is 0 Å². The molecule has 22 heavy (non-hydrogen) atoms. The van der Waals surface area contributed by atoms with E-state index in [1.807, 2.05) is 6.07 Å².